The summed E-state index contributed by atoms with van der Waals surface area (Å²) in [4.78, 5) is 13.5. The maximum absolute atomic E-state index is 13.5. The van der Waals surface area contributed by atoms with E-state index in [1.807, 2.05) is 0 Å². The highest BCUT2D eigenvalue weighted by molar-refractivity contribution is 5.79. The molecule has 0 aromatic heterocycles. The summed E-state index contributed by atoms with van der Waals surface area (Å²) in [6.07, 6.45) is -11.5. The van der Waals surface area contributed by atoms with E-state index in [0.29, 0.717) is 16.9 Å². The van der Waals surface area contributed by atoms with Crippen LogP contribution in [0.3, 0.4) is 0 Å². The fraction of sp³-hybridized carbons (Fsp3) is 0.552. The average molecular weight is 653 g/mol. The van der Waals surface area contributed by atoms with E-state index in [-0.39, 0.29) is 35.4 Å². The largest absolute Gasteiger partial charge is 0.502 e. The molecule has 7 rings (SSSR count). The summed E-state index contributed by atoms with van der Waals surface area (Å²) < 4.78 is 49.2. The number of phenols is 1. The minimum atomic E-state index is -3.13. The molecule has 4 heterocycles. The molecule has 250 valence electrons. The minimum absolute atomic E-state index is 0.00203. The molecule has 46 heavy (non-hydrogen) atoms. The van der Waals surface area contributed by atoms with Gasteiger partial charge in [-0.2, -0.15) is 0 Å². The van der Waals surface area contributed by atoms with Crippen molar-refractivity contribution in [2.75, 3.05) is 21.0 Å². The van der Waals surface area contributed by atoms with Gasteiger partial charge >= 0.3 is 17.9 Å². The smallest absolute Gasteiger partial charge is 0.331 e. The van der Waals surface area contributed by atoms with Crippen LogP contribution in [-0.4, -0.2) is 112 Å². The lowest BCUT2D eigenvalue weighted by molar-refractivity contribution is -0.498. The summed E-state index contributed by atoms with van der Waals surface area (Å²) in [6.45, 7) is 1.21. The van der Waals surface area contributed by atoms with Gasteiger partial charge in [-0.1, -0.05) is 0 Å². The molecule has 10 atom stereocenters. The first kappa shape index (κ1) is 31.1. The molecule has 0 spiro atoms. The molecule has 2 aromatic carbocycles. The number of fused-ring (bicyclic) bond motifs is 4. The van der Waals surface area contributed by atoms with Crippen LogP contribution in [0, 0.1) is 11.8 Å². The van der Waals surface area contributed by atoms with E-state index in [9.17, 15) is 40.5 Å². The summed E-state index contributed by atoms with van der Waals surface area (Å²) in [5.41, 5.74) is 0.919. The Morgan fingerprint density at radius 2 is 1.50 bits per heavy atom. The summed E-state index contributed by atoms with van der Waals surface area (Å²) in [7, 11) is 2.64. The van der Waals surface area contributed by atoms with Gasteiger partial charge < -0.3 is 73.6 Å². The second-order valence-corrected chi connectivity index (χ2v) is 11.6. The number of aliphatic hydroxyl groups excluding tert-OH is 2. The first-order valence-electron chi connectivity index (χ1n) is 14.3. The van der Waals surface area contributed by atoms with Crippen LogP contribution < -0.4 is 18.9 Å². The van der Waals surface area contributed by atoms with Gasteiger partial charge in [0.2, 0.25) is 12.5 Å². The van der Waals surface area contributed by atoms with E-state index < -0.39 is 78.8 Å². The highest BCUT2D eigenvalue weighted by Gasteiger charge is 2.66. The summed E-state index contributed by atoms with van der Waals surface area (Å²) in [6, 6.07) is 5.97. The van der Waals surface area contributed by atoms with Gasteiger partial charge in [0.15, 0.2) is 41.7 Å². The number of carbonyl (C=O) groups excluding carboxylic acids is 1. The normalized spacial score (nSPS) is 36.7. The zero-order valence-corrected chi connectivity index (χ0v) is 24.5. The van der Waals surface area contributed by atoms with E-state index >= 15 is 0 Å². The van der Waals surface area contributed by atoms with Crippen molar-refractivity contribution in [3.8, 4) is 28.7 Å². The monoisotopic (exact) mass is 652 g/mol. The van der Waals surface area contributed by atoms with Gasteiger partial charge in [0, 0.05) is 5.92 Å². The third-order valence-corrected chi connectivity index (χ3v) is 8.99. The van der Waals surface area contributed by atoms with Crippen molar-refractivity contribution in [3.05, 3.63) is 41.0 Å². The van der Waals surface area contributed by atoms with Crippen LogP contribution >= 0.6 is 0 Å². The van der Waals surface area contributed by atoms with Crippen molar-refractivity contribution in [1.29, 1.82) is 0 Å². The highest BCUT2D eigenvalue weighted by Crippen LogP contribution is 2.60. The predicted octanol–water partition coefficient (Wildman–Crippen LogP) is -1.38. The van der Waals surface area contributed by atoms with Gasteiger partial charge in [0.1, 0.15) is 18.3 Å². The van der Waals surface area contributed by atoms with E-state index in [0.717, 1.165) is 0 Å². The number of aromatic hydroxyl groups is 1. The van der Waals surface area contributed by atoms with Crippen molar-refractivity contribution in [2.45, 2.75) is 67.9 Å². The SMILES string of the molecule is COc1cc(C2c3cc4c(cc3C(OC3OC5C(OC(C)OC5(O)O)C(O)C3O)C3C2C(=O)OC3(O)O)OCO4)cc(OC)c1O. The van der Waals surface area contributed by atoms with Crippen molar-refractivity contribution < 1.29 is 83.2 Å². The molecular formula is C29H32O17. The van der Waals surface area contributed by atoms with Crippen LogP contribution in [-0.2, 0) is 28.5 Å². The Hall–Kier alpha value is -3.49. The first-order valence-corrected chi connectivity index (χ1v) is 14.3. The Bertz CT molecular complexity index is 1520. The van der Waals surface area contributed by atoms with Crippen molar-refractivity contribution >= 4 is 5.97 Å². The van der Waals surface area contributed by atoms with Gasteiger partial charge in [-0.3, -0.25) is 9.53 Å². The topological polar surface area (TPSA) is 242 Å². The van der Waals surface area contributed by atoms with Gasteiger partial charge in [0.05, 0.1) is 32.2 Å². The van der Waals surface area contributed by atoms with E-state index in [1.54, 1.807) is 6.07 Å². The lowest BCUT2D eigenvalue weighted by Crippen LogP contribution is -2.70. The molecule has 7 N–H and O–H groups in total. The van der Waals surface area contributed by atoms with E-state index in [1.165, 1.54) is 39.3 Å². The summed E-state index contributed by atoms with van der Waals surface area (Å²) in [5.74, 6) is -10.9. The molecule has 0 radical (unpaired) electrons. The van der Waals surface area contributed by atoms with Crippen LogP contribution in [0.15, 0.2) is 24.3 Å². The number of ether oxygens (including phenoxy) is 9. The quantitative estimate of drug-likeness (QED) is 0.145. The Morgan fingerprint density at radius 1 is 0.870 bits per heavy atom. The number of benzene rings is 2. The van der Waals surface area contributed by atoms with Gasteiger partial charge in [-0.05, 0) is 47.9 Å². The van der Waals surface area contributed by atoms with Gasteiger partial charge in [-0.15, -0.1) is 0 Å². The van der Waals surface area contributed by atoms with Crippen molar-refractivity contribution in [3.63, 3.8) is 0 Å². The Morgan fingerprint density at radius 3 is 2.13 bits per heavy atom. The van der Waals surface area contributed by atoms with Crippen molar-refractivity contribution in [2.24, 2.45) is 11.8 Å². The van der Waals surface area contributed by atoms with E-state index in [4.69, 9.17) is 42.6 Å². The maximum atomic E-state index is 13.5. The van der Waals surface area contributed by atoms with Crippen LogP contribution in [0.2, 0.25) is 0 Å². The van der Waals surface area contributed by atoms with Gasteiger partial charge in [0.25, 0.3) is 0 Å². The Kier molecular flexibility index (Phi) is 7.29. The molecule has 3 fully saturated rings. The lowest BCUT2D eigenvalue weighted by atomic mass is 9.65. The fourth-order valence-corrected chi connectivity index (χ4v) is 7.02. The second-order valence-electron chi connectivity index (χ2n) is 11.6. The fourth-order valence-electron chi connectivity index (χ4n) is 7.02. The number of methoxy groups -OCH3 is 2. The average Bonchev–Trinajstić information content (AvgIpc) is 3.55. The standard InChI is InChI=1S/C29H32O17/c1-9-42-24-21(31)22(32)27(44-25(24)29(36,37)45-9)43-23-12-7-14-13(40-8-41-14)6-11(12)17(18-19(23)28(34,35)46-26(18)33)10-4-15(38-2)20(30)16(5-10)39-3/h4-7,9,17-19,21-25,27,30-32,34-37H,8H2,1-3H3. The molecule has 4 aliphatic heterocycles. The number of aliphatic hydroxyl groups is 6. The third-order valence-electron chi connectivity index (χ3n) is 8.99. The third kappa shape index (κ3) is 4.66. The highest BCUT2D eigenvalue weighted by atomic mass is 16.9. The lowest BCUT2D eigenvalue weighted by Gasteiger charge is -2.51. The number of carbonyl (C=O) groups is 1. The number of rotatable bonds is 5. The molecule has 17 nitrogen and oxygen atoms in total. The molecule has 17 heteroatoms. The molecule has 5 aliphatic rings. The van der Waals surface area contributed by atoms with Crippen molar-refractivity contribution in [1.82, 2.24) is 0 Å². The van der Waals surface area contributed by atoms with Crippen LogP contribution in [0.4, 0.5) is 0 Å². The molecule has 0 bridgehead atoms. The predicted molar refractivity (Wildman–Crippen MR) is 143 cm³/mol. The van der Waals surface area contributed by atoms with Gasteiger partial charge in [-0.25, -0.2) is 0 Å². The number of esters is 1. The molecule has 2 aromatic rings. The minimum Gasteiger partial charge on any atom is -0.502 e. The Labute approximate surface area is 259 Å². The van der Waals surface area contributed by atoms with Crippen LogP contribution in [0.1, 0.15) is 35.6 Å². The molecule has 10 unspecified atom stereocenters. The molecule has 1 aliphatic carbocycles. The zero-order chi connectivity index (χ0) is 32.9. The zero-order valence-electron chi connectivity index (χ0n) is 24.5. The van der Waals surface area contributed by atoms with E-state index in [2.05, 4.69) is 0 Å². The molecule has 3 saturated heterocycles. The molecule has 0 amide bonds. The molecule has 0 saturated carbocycles. The maximum Gasteiger partial charge on any atom is 0.331 e. The number of cyclic esters (lactones) is 1. The molecular weight excluding hydrogens is 620 g/mol. The first-order chi connectivity index (χ1) is 21.8. The summed E-state index contributed by atoms with van der Waals surface area (Å²) in [5, 5.41) is 75.9. The number of hydrogen-bond acceptors (Lipinski definition) is 17. The second kappa shape index (κ2) is 10.8. The summed E-state index contributed by atoms with van der Waals surface area (Å²) >= 11 is 0. The van der Waals surface area contributed by atoms with Crippen LogP contribution in [0.5, 0.6) is 28.7 Å². The number of hydrogen-bond donors (Lipinski definition) is 7. The Balaban J connectivity index is 1.37. The van der Waals surface area contributed by atoms with Crippen LogP contribution in [0.25, 0.3) is 0 Å². The number of phenolic OH excluding ortho intramolecular Hbond substituents is 1.